The van der Waals surface area contributed by atoms with Gasteiger partial charge in [-0.1, -0.05) is 20.6 Å². The van der Waals surface area contributed by atoms with Gasteiger partial charge in [0, 0.05) is 75.0 Å². The number of oxazole rings is 2. The first kappa shape index (κ1) is 62.4. The molecular formula is C50H62N10O8S4. The smallest absolute Gasteiger partial charge is 0.190 e. The van der Waals surface area contributed by atoms with Crippen molar-refractivity contribution in [3.8, 4) is 0 Å². The van der Waals surface area contributed by atoms with Gasteiger partial charge in [-0.15, -0.1) is 34.0 Å². The Labute approximate surface area is 436 Å². The van der Waals surface area contributed by atoms with E-state index in [9.17, 15) is 0 Å². The van der Waals surface area contributed by atoms with Crippen LogP contribution in [0.3, 0.4) is 0 Å². The van der Waals surface area contributed by atoms with Crippen molar-refractivity contribution < 1.29 is 35.8 Å². The lowest BCUT2D eigenvalue weighted by atomic mass is 10.4. The summed E-state index contributed by atoms with van der Waals surface area (Å²) in [5.41, 5.74) is 9.00. The molecular weight excluding hydrogens is 997 g/mol. The van der Waals surface area contributed by atoms with E-state index in [1.54, 1.807) is 140 Å². The molecule has 12 heterocycles. The highest BCUT2D eigenvalue weighted by Crippen LogP contribution is 2.01. The fourth-order valence-corrected chi connectivity index (χ4v) is 5.27. The van der Waals surface area contributed by atoms with Gasteiger partial charge < -0.3 is 35.8 Å². The lowest BCUT2D eigenvalue weighted by Crippen LogP contribution is -1.59. The highest BCUT2D eigenvalue weighted by atomic mass is 32.1. The van der Waals surface area contributed by atoms with Crippen LogP contribution in [0.4, 0.5) is 0 Å². The number of furan rings is 2. The van der Waals surface area contributed by atoms with Crippen molar-refractivity contribution >= 4 is 45.5 Å². The largest absolute Gasteiger partial charge is 0.472 e. The van der Waals surface area contributed by atoms with E-state index in [1.807, 2.05) is 128 Å². The molecule has 0 amide bonds. The summed E-state index contributed by atoms with van der Waals surface area (Å²) in [6.07, 6.45) is 26.4. The first-order chi connectivity index (χ1) is 34.7. The summed E-state index contributed by atoms with van der Waals surface area (Å²) in [6, 6.07) is 11.3. The van der Waals surface area contributed by atoms with E-state index in [1.165, 1.54) is 33.2 Å². The van der Waals surface area contributed by atoms with E-state index in [-0.39, 0.29) is 0 Å². The fourth-order valence-electron chi connectivity index (χ4n) is 3.46. The number of thiazole rings is 3. The molecule has 18 nitrogen and oxygen atoms in total. The molecule has 0 atom stereocenters. The Balaban J connectivity index is 0.000000393. The third-order valence-electron chi connectivity index (χ3n) is 6.92. The normalized spacial score (nSPS) is 8.83. The maximum atomic E-state index is 4.83. The second-order valence-corrected chi connectivity index (χ2v) is 17.7. The number of hydrogen-bond acceptors (Lipinski definition) is 22. The Morgan fingerprint density at radius 3 is 1.40 bits per heavy atom. The molecule has 12 aromatic rings. The third-order valence-corrected chi connectivity index (χ3v) is 9.68. The summed E-state index contributed by atoms with van der Waals surface area (Å²) in [4.78, 5) is 21.7. The van der Waals surface area contributed by atoms with E-state index in [0.29, 0.717) is 0 Å². The van der Waals surface area contributed by atoms with Gasteiger partial charge in [0.15, 0.2) is 12.3 Å². The van der Waals surface area contributed by atoms with Crippen LogP contribution in [0, 0.1) is 83.1 Å². The average Bonchev–Trinajstić information content (AvgIpc) is 4.18. The summed E-state index contributed by atoms with van der Waals surface area (Å²) in [5, 5.41) is 19.0. The molecule has 0 aromatic carbocycles. The van der Waals surface area contributed by atoms with E-state index in [2.05, 4.69) is 68.0 Å². The number of rotatable bonds is 0. The van der Waals surface area contributed by atoms with Crippen LogP contribution in [0.2, 0.25) is 0 Å². The molecule has 22 heteroatoms. The Hall–Kier alpha value is -7.66. The quantitative estimate of drug-likeness (QED) is 0.137. The zero-order valence-electron chi connectivity index (χ0n) is 42.4. The number of aryl methyl sites for hydroxylation is 12. The molecule has 72 heavy (non-hydrogen) atoms. The Morgan fingerprint density at radius 2 is 1.25 bits per heavy atom. The van der Waals surface area contributed by atoms with Crippen LogP contribution in [0.5, 0.6) is 0 Å². The number of nitrogens with zero attached hydrogens (tertiary/aromatic N) is 10. The lowest BCUT2D eigenvalue weighted by molar-refractivity contribution is 0.397. The molecule has 384 valence electrons. The average molecular weight is 1060 g/mol. The molecule has 0 saturated heterocycles. The second-order valence-electron chi connectivity index (χ2n) is 13.8. The zero-order valence-corrected chi connectivity index (χ0v) is 45.6. The van der Waals surface area contributed by atoms with Gasteiger partial charge in [0.2, 0.25) is 0 Å². The van der Waals surface area contributed by atoms with Gasteiger partial charge in [0.05, 0.1) is 71.5 Å². The molecule has 0 unspecified atom stereocenters. The minimum absolute atomic E-state index is 0.718. The van der Waals surface area contributed by atoms with Crippen LogP contribution >= 0.6 is 45.5 Å². The summed E-state index contributed by atoms with van der Waals surface area (Å²) < 4.78 is 40.8. The van der Waals surface area contributed by atoms with Gasteiger partial charge in [0.25, 0.3) is 0 Å². The highest BCUT2D eigenvalue weighted by Gasteiger charge is 1.83. The zero-order chi connectivity index (χ0) is 52.9. The van der Waals surface area contributed by atoms with Crippen LogP contribution in [0.1, 0.15) is 66.0 Å². The summed E-state index contributed by atoms with van der Waals surface area (Å²) >= 11 is 6.49. The molecule has 0 aliphatic rings. The van der Waals surface area contributed by atoms with E-state index >= 15 is 0 Å². The minimum Gasteiger partial charge on any atom is -0.472 e. The van der Waals surface area contributed by atoms with Crippen molar-refractivity contribution in [2.75, 3.05) is 0 Å². The molecule has 0 spiro atoms. The van der Waals surface area contributed by atoms with Gasteiger partial charge in [0.1, 0.15) is 42.3 Å². The van der Waals surface area contributed by atoms with Crippen LogP contribution < -0.4 is 0 Å². The van der Waals surface area contributed by atoms with Gasteiger partial charge in [-0.2, -0.15) is 0 Å². The molecule has 0 aliphatic heterocycles. The Kier molecular flexibility index (Phi) is 36.6. The lowest BCUT2D eigenvalue weighted by Gasteiger charge is -1.69. The molecule has 12 aromatic heterocycles. The topological polar surface area (TPSA) is 234 Å². The molecule has 0 aliphatic carbocycles. The van der Waals surface area contributed by atoms with Crippen molar-refractivity contribution in [2.24, 2.45) is 0 Å². The summed E-state index contributed by atoms with van der Waals surface area (Å²) in [6.45, 7) is 23.2. The predicted molar refractivity (Wildman–Crippen MR) is 282 cm³/mol. The van der Waals surface area contributed by atoms with Gasteiger partial charge in [-0.25, -0.2) is 14.3 Å². The minimum atomic E-state index is 0.718. The van der Waals surface area contributed by atoms with Crippen molar-refractivity contribution in [3.05, 3.63) is 224 Å². The molecule has 0 radical (unpaired) electrons. The van der Waals surface area contributed by atoms with E-state index < -0.39 is 0 Å². The standard InChI is InChI=1S/2C5H6O.6C4H5NO.4C4H5NS/c1-5-2-3-6-4-5;1-5-3-2-4-6-5;1-4-2-5-3-6-4;2*1-4-2-5-6-3-4;1-4-5-2-3-6-4;1-4-2-3-6-5-4;1-4-2-3-5-6-4;1-4-2-6-3-5-4;1-4-2-5-3-6-4;1-4-5-2-3-6-4;1-4-2-3-5-6-4/h2*2-4H,1H3;10*2-3H,1H3. The fraction of sp³-hybridized carbons (Fsp3) is 0.240. The Bertz CT molecular complexity index is 2030. The number of aromatic nitrogens is 10. The van der Waals surface area contributed by atoms with Gasteiger partial charge in [-0.05, 0) is 118 Å². The number of hydrogen-bond donors (Lipinski definition) is 0. The first-order valence-corrected chi connectivity index (χ1v) is 24.8. The van der Waals surface area contributed by atoms with Crippen LogP contribution in [0.15, 0.2) is 194 Å². The van der Waals surface area contributed by atoms with Crippen molar-refractivity contribution in [3.63, 3.8) is 0 Å². The van der Waals surface area contributed by atoms with E-state index in [4.69, 9.17) is 17.7 Å². The molecule has 0 N–H and O–H groups in total. The van der Waals surface area contributed by atoms with Gasteiger partial charge >= 0.3 is 0 Å². The maximum absolute atomic E-state index is 4.83. The van der Waals surface area contributed by atoms with Crippen molar-refractivity contribution in [2.45, 2.75) is 83.1 Å². The third kappa shape index (κ3) is 40.2. The van der Waals surface area contributed by atoms with Gasteiger partial charge in [-0.3, -0.25) is 15.0 Å². The van der Waals surface area contributed by atoms with Crippen LogP contribution in [-0.2, 0) is 0 Å². The first-order valence-electron chi connectivity index (χ1n) is 21.3. The van der Waals surface area contributed by atoms with Crippen LogP contribution in [0.25, 0.3) is 0 Å². The van der Waals surface area contributed by atoms with Crippen molar-refractivity contribution in [1.82, 2.24) is 49.9 Å². The van der Waals surface area contributed by atoms with Crippen molar-refractivity contribution in [1.29, 1.82) is 0 Å². The maximum Gasteiger partial charge on any atom is 0.190 e. The molecule has 0 fully saturated rings. The van der Waals surface area contributed by atoms with E-state index in [0.717, 1.165) is 50.7 Å². The predicted octanol–water partition coefficient (Wildman–Crippen LogP) is 14.9. The SMILES string of the molecule is Cc1ccco1.Cc1ccno1.Cc1ccns1.Cc1ccoc1.Cc1ccon1.Cc1cnco1.Cc1cncs1.Cc1cnoc1.Cc1cnoc1.Cc1cscn1.Cc1ncco1.Cc1nccs1. The highest BCUT2D eigenvalue weighted by molar-refractivity contribution is 7.09. The second kappa shape index (κ2) is 42.2. The monoisotopic (exact) mass is 1060 g/mol. The summed E-state index contributed by atoms with van der Waals surface area (Å²) in [7, 11) is 0. The van der Waals surface area contributed by atoms with Crippen LogP contribution in [-0.4, -0.2) is 49.9 Å². The molecule has 0 bridgehead atoms. The summed E-state index contributed by atoms with van der Waals surface area (Å²) in [5.74, 6) is 3.40. The molecule has 12 rings (SSSR count). The molecule has 0 saturated carbocycles. The Morgan fingerprint density at radius 1 is 0.486 bits per heavy atom.